The molecule has 3 nitrogen and oxygen atoms in total. The summed E-state index contributed by atoms with van der Waals surface area (Å²) in [5.74, 6) is 0.980. The van der Waals surface area contributed by atoms with Gasteiger partial charge in [0.05, 0.1) is 22.7 Å². The molecule has 2 bridgehead atoms. The lowest BCUT2D eigenvalue weighted by atomic mass is 9.29. The van der Waals surface area contributed by atoms with Crippen LogP contribution in [0.1, 0.15) is 40.5 Å². The molecule has 1 aliphatic heterocycles. The lowest BCUT2D eigenvalue weighted by Gasteiger charge is -2.64. The van der Waals surface area contributed by atoms with Crippen LogP contribution in [-0.2, 0) is 9.31 Å². The second-order valence-corrected chi connectivity index (χ2v) is 6.59. The fourth-order valence-corrected chi connectivity index (χ4v) is 3.22. The van der Waals surface area contributed by atoms with Crippen molar-refractivity contribution < 1.29 is 9.31 Å². The summed E-state index contributed by atoms with van der Waals surface area (Å²) >= 11 is 0. The van der Waals surface area contributed by atoms with Gasteiger partial charge in [-0.1, -0.05) is 0 Å². The number of hydrogen-bond acceptors (Lipinski definition) is 3. The van der Waals surface area contributed by atoms with Gasteiger partial charge in [0.1, 0.15) is 0 Å². The maximum atomic E-state index is 9.21. The van der Waals surface area contributed by atoms with E-state index in [4.69, 9.17) is 9.31 Å². The maximum absolute atomic E-state index is 9.21. The standard InChI is InChI=1S/C12H18BNO2/c1-10(2)11(3,4)16-13(15-10)9-8-5-12(9,6-8)7-14/h8-9H,5-6H2,1-4H3. The van der Waals surface area contributed by atoms with E-state index >= 15 is 0 Å². The van der Waals surface area contributed by atoms with Crippen molar-refractivity contribution in [3.05, 3.63) is 0 Å². The first-order valence-corrected chi connectivity index (χ1v) is 6.08. The average molecular weight is 219 g/mol. The van der Waals surface area contributed by atoms with Crippen LogP contribution in [0.5, 0.6) is 0 Å². The van der Waals surface area contributed by atoms with Crippen LogP contribution >= 0.6 is 0 Å². The highest BCUT2D eigenvalue weighted by molar-refractivity contribution is 6.48. The summed E-state index contributed by atoms with van der Waals surface area (Å²) in [6.07, 6.45) is 2.11. The minimum Gasteiger partial charge on any atom is -0.403 e. The summed E-state index contributed by atoms with van der Waals surface area (Å²) in [5.41, 5.74) is -0.654. The molecule has 0 spiro atoms. The second-order valence-electron chi connectivity index (χ2n) is 6.59. The first kappa shape index (κ1) is 10.6. The summed E-state index contributed by atoms with van der Waals surface area (Å²) in [4.78, 5) is 0. The third kappa shape index (κ3) is 1.01. The number of rotatable bonds is 1. The second kappa shape index (κ2) is 2.65. The van der Waals surface area contributed by atoms with Crippen molar-refractivity contribution in [1.82, 2.24) is 0 Å². The summed E-state index contributed by atoms with van der Waals surface area (Å²) < 4.78 is 12.0. The minimum atomic E-state index is -0.268. The molecule has 4 aliphatic rings. The van der Waals surface area contributed by atoms with E-state index in [1.54, 1.807) is 0 Å². The predicted molar refractivity (Wildman–Crippen MR) is 60.6 cm³/mol. The topological polar surface area (TPSA) is 42.2 Å². The zero-order chi connectivity index (χ0) is 11.8. The first-order chi connectivity index (χ1) is 7.31. The van der Waals surface area contributed by atoms with Crippen molar-refractivity contribution in [2.24, 2.45) is 11.3 Å². The van der Waals surface area contributed by atoms with E-state index in [1.165, 1.54) is 0 Å². The average Bonchev–Trinajstić information content (AvgIpc) is 2.15. The highest BCUT2D eigenvalue weighted by Crippen LogP contribution is 2.74. The molecule has 4 heteroatoms. The Labute approximate surface area is 97.2 Å². The van der Waals surface area contributed by atoms with E-state index in [0.29, 0.717) is 11.7 Å². The molecule has 1 saturated heterocycles. The van der Waals surface area contributed by atoms with E-state index < -0.39 is 0 Å². The Bertz CT molecular complexity index is 363. The molecule has 0 aromatic heterocycles. The highest BCUT2D eigenvalue weighted by atomic mass is 16.7. The van der Waals surface area contributed by atoms with Crippen molar-refractivity contribution in [2.75, 3.05) is 0 Å². The van der Waals surface area contributed by atoms with Gasteiger partial charge in [-0.15, -0.1) is 0 Å². The summed E-state index contributed by atoms with van der Waals surface area (Å²) in [6, 6.07) is 2.47. The molecule has 0 amide bonds. The molecular formula is C12H18BNO2. The van der Waals surface area contributed by atoms with E-state index in [9.17, 15) is 5.26 Å². The monoisotopic (exact) mass is 219 g/mol. The highest BCUT2D eigenvalue weighted by Gasteiger charge is 2.73. The van der Waals surface area contributed by atoms with Gasteiger partial charge in [-0.3, -0.25) is 0 Å². The van der Waals surface area contributed by atoms with Crippen LogP contribution in [0.2, 0.25) is 5.82 Å². The van der Waals surface area contributed by atoms with Gasteiger partial charge in [-0.25, -0.2) is 0 Å². The quantitative estimate of drug-likeness (QED) is 0.636. The van der Waals surface area contributed by atoms with Gasteiger partial charge in [0, 0.05) is 5.82 Å². The Morgan fingerprint density at radius 1 is 1.12 bits per heavy atom. The Balaban J connectivity index is 1.79. The fourth-order valence-electron chi connectivity index (χ4n) is 3.22. The molecule has 0 radical (unpaired) electrons. The molecule has 4 rings (SSSR count). The lowest BCUT2D eigenvalue weighted by Crippen LogP contribution is -2.62. The van der Waals surface area contributed by atoms with E-state index in [1.807, 2.05) is 0 Å². The van der Waals surface area contributed by atoms with Crippen molar-refractivity contribution in [2.45, 2.75) is 57.6 Å². The van der Waals surface area contributed by atoms with Crippen LogP contribution in [-0.4, -0.2) is 18.3 Å². The molecule has 16 heavy (non-hydrogen) atoms. The Morgan fingerprint density at radius 2 is 1.62 bits per heavy atom. The van der Waals surface area contributed by atoms with Crippen LogP contribution < -0.4 is 0 Å². The molecular weight excluding hydrogens is 201 g/mol. The molecule has 86 valence electrons. The van der Waals surface area contributed by atoms with Gasteiger partial charge in [-0.2, -0.15) is 5.26 Å². The molecule has 0 N–H and O–H groups in total. The number of nitrogens with zero attached hydrogens (tertiary/aromatic N) is 1. The van der Waals surface area contributed by atoms with Gasteiger partial charge in [0.25, 0.3) is 0 Å². The normalized spacial score (nSPS) is 46.8. The van der Waals surface area contributed by atoms with Gasteiger partial charge in [-0.05, 0) is 46.5 Å². The first-order valence-electron chi connectivity index (χ1n) is 6.08. The maximum Gasteiger partial charge on any atom is 0.463 e. The summed E-state index contributed by atoms with van der Waals surface area (Å²) in [5, 5.41) is 9.21. The smallest absolute Gasteiger partial charge is 0.403 e. The molecule has 4 fully saturated rings. The largest absolute Gasteiger partial charge is 0.463 e. The SMILES string of the molecule is CC1(C)OB(C2C3CC2(C#N)C3)OC1(C)C. The van der Waals surface area contributed by atoms with Gasteiger partial charge < -0.3 is 9.31 Å². The van der Waals surface area contributed by atoms with Crippen LogP contribution in [0, 0.1) is 22.7 Å². The molecule has 3 saturated carbocycles. The Kier molecular flexibility index (Phi) is 1.76. The summed E-state index contributed by atoms with van der Waals surface area (Å²) in [6.45, 7) is 8.26. The molecule has 0 aromatic rings. The predicted octanol–water partition coefficient (Wildman–Crippen LogP) is 2.38. The summed E-state index contributed by atoms with van der Waals surface area (Å²) in [7, 11) is -0.169. The van der Waals surface area contributed by atoms with Gasteiger partial charge in [0.15, 0.2) is 0 Å². The van der Waals surface area contributed by atoms with Crippen LogP contribution in [0.15, 0.2) is 0 Å². The zero-order valence-electron chi connectivity index (χ0n) is 10.4. The molecule has 3 aliphatic carbocycles. The van der Waals surface area contributed by atoms with Crippen LogP contribution in [0.3, 0.4) is 0 Å². The fraction of sp³-hybridized carbons (Fsp3) is 0.917. The van der Waals surface area contributed by atoms with Crippen molar-refractivity contribution >= 4 is 7.12 Å². The van der Waals surface area contributed by atoms with E-state index in [0.717, 1.165) is 12.8 Å². The molecule has 0 aromatic carbocycles. The lowest BCUT2D eigenvalue weighted by molar-refractivity contribution is -0.0691. The third-order valence-electron chi connectivity index (χ3n) is 5.19. The van der Waals surface area contributed by atoms with E-state index in [-0.39, 0.29) is 23.7 Å². The van der Waals surface area contributed by atoms with Gasteiger partial charge in [0.2, 0.25) is 0 Å². The number of nitriles is 1. The molecule has 1 atom stereocenters. The Hall–Kier alpha value is -0.525. The Morgan fingerprint density at radius 3 is 1.94 bits per heavy atom. The van der Waals surface area contributed by atoms with Crippen molar-refractivity contribution in [1.29, 1.82) is 5.26 Å². The molecule has 1 unspecified atom stereocenters. The number of hydrogen-bond donors (Lipinski definition) is 0. The van der Waals surface area contributed by atoms with Crippen molar-refractivity contribution in [3.8, 4) is 6.07 Å². The minimum absolute atomic E-state index is 0.119. The third-order valence-corrected chi connectivity index (χ3v) is 5.19. The van der Waals surface area contributed by atoms with E-state index in [2.05, 4.69) is 33.8 Å². The van der Waals surface area contributed by atoms with Crippen LogP contribution in [0.25, 0.3) is 0 Å². The zero-order valence-corrected chi connectivity index (χ0v) is 10.4. The van der Waals surface area contributed by atoms with Crippen molar-refractivity contribution in [3.63, 3.8) is 0 Å². The molecule has 1 heterocycles. The van der Waals surface area contributed by atoms with Gasteiger partial charge >= 0.3 is 7.12 Å². The van der Waals surface area contributed by atoms with Crippen LogP contribution in [0.4, 0.5) is 0 Å².